The SMILES string of the molecule is CNc1nc(-c2ccc(F)cc2C)nc2cc(F)ccc12. The van der Waals surface area contributed by atoms with Gasteiger partial charge in [-0.3, -0.25) is 0 Å². The fourth-order valence-corrected chi connectivity index (χ4v) is 2.29. The summed E-state index contributed by atoms with van der Waals surface area (Å²) in [4.78, 5) is 8.83. The van der Waals surface area contributed by atoms with E-state index in [2.05, 4.69) is 15.3 Å². The number of hydrogen-bond acceptors (Lipinski definition) is 3. The second kappa shape index (κ2) is 5.09. The van der Waals surface area contributed by atoms with Gasteiger partial charge < -0.3 is 5.32 Å². The summed E-state index contributed by atoms with van der Waals surface area (Å²) in [6.07, 6.45) is 0. The van der Waals surface area contributed by atoms with Crippen molar-refractivity contribution >= 4 is 16.7 Å². The minimum Gasteiger partial charge on any atom is -0.373 e. The van der Waals surface area contributed by atoms with Gasteiger partial charge in [-0.05, 0) is 42.8 Å². The Morgan fingerprint density at radius 1 is 0.952 bits per heavy atom. The lowest BCUT2D eigenvalue weighted by Gasteiger charge is -2.10. The summed E-state index contributed by atoms with van der Waals surface area (Å²) in [5, 5.41) is 3.72. The summed E-state index contributed by atoms with van der Waals surface area (Å²) in [5.74, 6) is 0.385. The Labute approximate surface area is 120 Å². The van der Waals surface area contributed by atoms with E-state index in [9.17, 15) is 8.78 Å². The van der Waals surface area contributed by atoms with Crippen molar-refractivity contribution in [3.05, 3.63) is 53.6 Å². The standard InChI is InChI=1S/C16H13F2N3/c1-9-7-10(17)3-5-12(9)16-20-14-8-11(18)4-6-13(14)15(19-2)21-16/h3-8H,1-2H3,(H,19,20,21). The molecule has 0 aliphatic heterocycles. The summed E-state index contributed by atoms with van der Waals surface area (Å²) in [6, 6.07) is 8.78. The van der Waals surface area contributed by atoms with Crippen LogP contribution in [0.2, 0.25) is 0 Å². The Hall–Kier alpha value is -2.56. The highest BCUT2D eigenvalue weighted by Gasteiger charge is 2.11. The quantitative estimate of drug-likeness (QED) is 0.775. The van der Waals surface area contributed by atoms with Gasteiger partial charge in [-0.2, -0.15) is 0 Å². The largest absolute Gasteiger partial charge is 0.373 e. The fraction of sp³-hybridized carbons (Fsp3) is 0.125. The van der Waals surface area contributed by atoms with E-state index in [0.717, 1.165) is 16.5 Å². The van der Waals surface area contributed by atoms with Crippen LogP contribution >= 0.6 is 0 Å². The number of hydrogen-bond donors (Lipinski definition) is 1. The minimum absolute atomic E-state index is 0.308. The van der Waals surface area contributed by atoms with E-state index < -0.39 is 0 Å². The monoisotopic (exact) mass is 285 g/mol. The Balaban J connectivity index is 2.27. The Kier molecular flexibility index (Phi) is 3.25. The molecule has 0 saturated heterocycles. The third-order valence-electron chi connectivity index (χ3n) is 3.33. The van der Waals surface area contributed by atoms with Gasteiger partial charge in [0.1, 0.15) is 17.5 Å². The Bertz CT molecular complexity index is 831. The third-order valence-corrected chi connectivity index (χ3v) is 3.33. The smallest absolute Gasteiger partial charge is 0.162 e. The van der Waals surface area contributed by atoms with Crippen molar-refractivity contribution < 1.29 is 8.78 Å². The minimum atomic E-state index is -0.356. The molecule has 0 saturated carbocycles. The zero-order valence-corrected chi connectivity index (χ0v) is 11.6. The van der Waals surface area contributed by atoms with Gasteiger partial charge in [-0.1, -0.05) is 0 Å². The molecule has 21 heavy (non-hydrogen) atoms. The summed E-state index contributed by atoms with van der Waals surface area (Å²) in [6.45, 7) is 1.79. The first-order chi connectivity index (χ1) is 10.1. The first-order valence-corrected chi connectivity index (χ1v) is 6.50. The molecule has 0 atom stereocenters. The highest BCUT2D eigenvalue weighted by molar-refractivity contribution is 5.90. The van der Waals surface area contributed by atoms with E-state index in [0.29, 0.717) is 17.2 Å². The van der Waals surface area contributed by atoms with Gasteiger partial charge in [-0.25, -0.2) is 18.7 Å². The second-order valence-electron chi connectivity index (χ2n) is 4.77. The molecule has 0 bridgehead atoms. The summed E-state index contributed by atoms with van der Waals surface area (Å²) in [7, 11) is 1.74. The molecule has 3 aromatic rings. The number of anilines is 1. The van der Waals surface area contributed by atoms with Crippen molar-refractivity contribution in [2.45, 2.75) is 6.92 Å². The lowest BCUT2D eigenvalue weighted by atomic mass is 10.1. The topological polar surface area (TPSA) is 37.8 Å². The van der Waals surface area contributed by atoms with Crippen LogP contribution < -0.4 is 5.32 Å². The van der Waals surface area contributed by atoms with Gasteiger partial charge in [0, 0.05) is 24.1 Å². The Morgan fingerprint density at radius 2 is 1.67 bits per heavy atom. The van der Waals surface area contributed by atoms with Crippen LogP contribution in [-0.2, 0) is 0 Å². The second-order valence-corrected chi connectivity index (χ2v) is 4.77. The van der Waals surface area contributed by atoms with Crippen molar-refractivity contribution in [2.75, 3.05) is 12.4 Å². The average Bonchev–Trinajstić information content (AvgIpc) is 2.45. The molecule has 3 nitrogen and oxygen atoms in total. The molecule has 5 heteroatoms. The zero-order valence-electron chi connectivity index (χ0n) is 11.6. The molecule has 1 aromatic heterocycles. The summed E-state index contributed by atoms with van der Waals surface area (Å²) in [5.41, 5.74) is 1.96. The summed E-state index contributed by atoms with van der Waals surface area (Å²) < 4.78 is 26.6. The molecule has 2 aromatic carbocycles. The number of benzene rings is 2. The molecule has 3 rings (SSSR count). The maximum absolute atomic E-state index is 13.4. The fourth-order valence-electron chi connectivity index (χ4n) is 2.29. The molecule has 0 unspecified atom stereocenters. The molecule has 0 aliphatic rings. The molecule has 0 aliphatic carbocycles. The molecule has 1 N–H and O–H groups in total. The van der Waals surface area contributed by atoms with Crippen LogP contribution in [0.4, 0.5) is 14.6 Å². The molecule has 0 radical (unpaired) electrons. The third kappa shape index (κ3) is 2.42. The molecule has 1 heterocycles. The molecule has 106 valence electrons. The van der Waals surface area contributed by atoms with Crippen LogP contribution in [0.15, 0.2) is 36.4 Å². The molecule has 0 spiro atoms. The Morgan fingerprint density at radius 3 is 2.38 bits per heavy atom. The van der Waals surface area contributed by atoms with Crippen LogP contribution in [0.3, 0.4) is 0 Å². The number of halogens is 2. The number of nitrogens with zero attached hydrogens (tertiary/aromatic N) is 2. The van der Waals surface area contributed by atoms with E-state index in [1.165, 1.54) is 24.3 Å². The highest BCUT2D eigenvalue weighted by Crippen LogP contribution is 2.27. The van der Waals surface area contributed by atoms with Gasteiger partial charge >= 0.3 is 0 Å². The lowest BCUT2D eigenvalue weighted by molar-refractivity contribution is 0.627. The van der Waals surface area contributed by atoms with E-state index >= 15 is 0 Å². The van der Waals surface area contributed by atoms with Crippen LogP contribution in [0.1, 0.15) is 5.56 Å². The highest BCUT2D eigenvalue weighted by atomic mass is 19.1. The van der Waals surface area contributed by atoms with Crippen LogP contribution in [-0.4, -0.2) is 17.0 Å². The van der Waals surface area contributed by atoms with Gasteiger partial charge in [0.05, 0.1) is 5.52 Å². The van der Waals surface area contributed by atoms with Crippen molar-refractivity contribution in [3.8, 4) is 11.4 Å². The van der Waals surface area contributed by atoms with Gasteiger partial charge in [0.25, 0.3) is 0 Å². The predicted octanol–water partition coefficient (Wildman–Crippen LogP) is 3.93. The first-order valence-electron chi connectivity index (χ1n) is 6.50. The maximum atomic E-state index is 13.4. The van der Waals surface area contributed by atoms with Crippen LogP contribution in [0.5, 0.6) is 0 Å². The average molecular weight is 285 g/mol. The van der Waals surface area contributed by atoms with E-state index in [4.69, 9.17) is 0 Å². The number of rotatable bonds is 2. The number of nitrogens with one attached hydrogen (secondary N) is 1. The van der Waals surface area contributed by atoms with Gasteiger partial charge in [0.15, 0.2) is 5.82 Å². The first kappa shape index (κ1) is 13.4. The van der Waals surface area contributed by atoms with E-state index in [-0.39, 0.29) is 11.6 Å². The number of aromatic nitrogens is 2. The van der Waals surface area contributed by atoms with Gasteiger partial charge in [-0.15, -0.1) is 0 Å². The number of fused-ring (bicyclic) bond motifs is 1. The van der Waals surface area contributed by atoms with Gasteiger partial charge in [0.2, 0.25) is 0 Å². The van der Waals surface area contributed by atoms with Crippen LogP contribution in [0, 0.1) is 18.6 Å². The summed E-state index contributed by atoms with van der Waals surface area (Å²) >= 11 is 0. The molecular formula is C16H13F2N3. The molecular weight excluding hydrogens is 272 g/mol. The van der Waals surface area contributed by atoms with E-state index in [1.807, 2.05) is 0 Å². The predicted molar refractivity (Wildman–Crippen MR) is 79.2 cm³/mol. The van der Waals surface area contributed by atoms with Crippen molar-refractivity contribution in [1.29, 1.82) is 0 Å². The zero-order chi connectivity index (χ0) is 15.0. The van der Waals surface area contributed by atoms with Crippen LogP contribution in [0.25, 0.3) is 22.3 Å². The maximum Gasteiger partial charge on any atom is 0.162 e. The van der Waals surface area contributed by atoms with Crippen molar-refractivity contribution in [1.82, 2.24) is 9.97 Å². The lowest BCUT2D eigenvalue weighted by Crippen LogP contribution is -2.00. The van der Waals surface area contributed by atoms with Crippen molar-refractivity contribution in [2.24, 2.45) is 0 Å². The molecule has 0 amide bonds. The number of aryl methyl sites for hydroxylation is 1. The van der Waals surface area contributed by atoms with Crippen molar-refractivity contribution in [3.63, 3.8) is 0 Å². The van der Waals surface area contributed by atoms with E-state index in [1.54, 1.807) is 26.1 Å². The normalized spacial score (nSPS) is 10.9. The molecule has 0 fully saturated rings.